The Morgan fingerprint density at radius 2 is 2.00 bits per heavy atom. The zero-order valence-corrected chi connectivity index (χ0v) is 13.1. The molecule has 3 aromatic rings. The average molecular weight is 345 g/mol. The zero-order valence-electron chi connectivity index (χ0n) is 10.7. The van der Waals surface area contributed by atoms with Crippen LogP contribution in [0.1, 0.15) is 5.56 Å². The summed E-state index contributed by atoms with van der Waals surface area (Å²) in [4.78, 5) is 4.34. The van der Waals surface area contributed by atoms with Crippen LogP contribution in [0.25, 0.3) is 10.6 Å². The molecule has 3 rings (SSSR count). The molecule has 2 nitrogen and oxygen atoms in total. The molecule has 0 amide bonds. The van der Waals surface area contributed by atoms with E-state index in [0.717, 1.165) is 27.3 Å². The van der Waals surface area contributed by atoms with Crippen molar-refractivity contribution >= 4 is 33.0 Å². The lowest BCUT2D eigenvalue weighted by Gasteiger charge is -2.09. The van der Waals surface area contributed by atoms with E-state index in [1.54, 1.807) is 11.3 Å². The van der Waals surface area contributed by atoms with E-state index < -0.39 is 0 Å². The standard InChI is InChI=1S/C16H13BrN2S/c17-15-7-2-1-4-13(15)11-19-14-6-3-5-12(10-14)16-18-8-9-20-16/h1-10,19H,11H2. The summed E-state index contributed by atoms with van der Waals surface area (Å²) in [7, 11) is 0. The van der Waals surface area contributed by atoms with Crippen LogP contribution in [0.15, 0.2) is 64.6 Å². The summed E-state index contributed by atoms with van der Waals surface area (Å²) in [6, 6.07) is 16.6. The van der Waals surface area contributed by atoms with Gasteiger partial charge in [0.25, 0.3) is 0 Å². The first kappa shape index (κ1) is 13.3. The molecule has 0 fully saturated rings. The maximum Gasteiger partial charge on any atom is 0.123 e. The van der Waals surface area contributed by atoms with Gasteiger partial charge in [0.05, 0.1) is 0 Å². The fraction of sp³-hybridized carbons (Fsp3) is 0.0625. The van der Waals surface area contributed by atoms with Gasteiger partial charge in [-0.3, -0.25) is 0 Å². The molecule has 1 N–H and O–H groups in total. The second-order valence-corrected chi connectivity index (χ2v) is 6.11. The molecule has 0 spiro atoms. The van der Waals surface area contributed by atoms with Crippen molar-refractivity contribution in [3.05, 3.63) is 70.1 Å². The minimum absolute atomic E-state index is 0.794. The Morgan fingerprint density at radius 1 is 1.10 bits per heavy atom. The number of nitrogens with one attached hydrogen (secondary N) is 1. The maximum atomic E-state index is 4.34. The lowest BCUT2D eigenvalue weighted by atomic mass is 10.2. The third kappa shape index (κ3) is 3.08. The van der Waals surface area contributed by atoms with E-state index >= 15 is 0 Å². The Balaban J connectivity index is 1.75. The highest BCUT2D eigenvalue weighted by atomic mass is 79.9. The van der Waals surface area contributed by atoms with Crippen LogP contribution in [0.2, 0.25) is 0 Å². The topological polar surface area (TPSA) is 24.9 Å². The molecule has 100 valence electrons. The number of thiazole rings is 1. The molecular formula is C16H13BrN2S. The number of hydrogen-bond acceptors (Lipinski definition) is 3. The number of nitrogens with zero attached hydrogens (tertiary/aromatic N) is 1. The molecule has 20 heavy (non-hydrogen) atoms. The molecule has 1 heterocycles. The van der Waals surface area contributed by atoms with Crippen molar-refractivity contribution in [2.24, 2.45) is 0 Å². The van der Waals surface area contributed by atoms with Crippen molar-refractivity contribution < 1.29 is 0 Å². The van der Waals surface area contributed by atoms with Crippen LogP contribution in [0.5, 0.6) is 0 Å². The van der Waals surface area contributed by atoms with E-state index in [1.165, 1.54) is 5.56 Å². The first-order valence-electron chi connectivity index (χ1n) is 6.30. The molecule has 0 atom stereocenters. The van der Waals surface area contributed by atoms with Gasteiger partial charge in [-0.2, -0.15) is 0 Å². The molecule has 0 saturated heterocycles. The van der Waals surface area contributed by atoms with Crippen LogP contribution in [-0.2, 0) is 6.54 Å². The lowest BCUT2D eigenvalue weighted by Crippen LogP contribution is -2.00. The predicted octanol–water partition coefficient (Wildman–Crippen LogP) is 5.18. The highest BCUT2D eigenvalue weighted by molar-refractivity contribution is 9.10. The van der Waals surface area contributed by atoms with Crippen molar-refractivity contribution in [1.82, 2.24) is 4.98 Å². The van der Waals surface area contributed by atoms with E-state index in [2.05, 4.69) is 62.6 Å². The lowest BCUT2D eigenvalue weighted by molar-refractivity contribution is 1.14. The molecule has 0 saturated carbocycles. The summed E-state index contributed by atoms with van der Waals surface area (Å²) in [5.74, 6) is 0. The summed E-state index contributed by atoms with van der Waals surface area (Å²) < 4.78 is 1.13. The van der Waals surface area contributed by atoms with Gasteiger partial charge in [0, 0.05) is 33.8 Å². The largest absolute Gasteiger partial charge is 0.381 e. The van der Waals surface area contributed by atoms with Crippen molar-refractivity contribution in [2.75, 3.05) is 5.32 Å². The molecule has 0 aliphatic carbocycles. The van der Waals surface area contributed by atoms with Gasteiger partial charge < -0.3 is 5.32 Å². The van der Waals surface area contributed by atoms with E-state index in [-0.39, 0.29) is 0 Å². The van der Waals surface area contributed by atoms with Gasteiger partial charge in [0.15, 0.2) is 0 Å². The van der Waals surface area contributed by atoms with Gasteiger partial charge in [0.1, 0.15) is 5.01 Å². The first-order valence-corrected chi connectivity index (χ1v) is 7.97. The Bertz CT molecular complexity index is 695. The molecular weight excluding hydrogens is 332 g/mol. The van der Waals surface area contributed by atoms with Crippen molar-refractivity contribution in [3.63, 3.8) is 0 Å². The molecule has 0 bridgehead atoms. The number of halogens is 1. The molecule has 0 aliphatic heterocycles. The van der Waals surface area contributed by atoms with E-state index in [9.17, 15) is 0 Å². The smallest absolute Gasteiger partial charge is 0.123 e. The second kappa shape index (κ2) is 6.20. The third-order valence-corrected chi connectivity index (χ3v) is 4.58. The van der Waals surface area contributed by atoms with Crippen LogP contribution < -0.4 is 5.32 Å². The van der Waals surface area contributed by atoms with Crippen LogP contribution in [0, 0.1) is 0 Å². The summed E-state index contributed by atoms with van der Waals surface area (Å²) in [5, 5.41) is 6.50. The van der Waals surface area contributed by atoms with Crippen LogP contribution in [0.4, 0.5) is 5.69 Å². The highest BCUT2D eigenvalue weighted by Gasteiger charge is 2.02. The normalized spacial score (nSPS) is 10.4. The Hall–Kier alpha value is -1.65. The fourth-order valence-corrected chi connectivity index (χ4v) is 3.03. The SMILES string of the molecule is Brc1ccccc1CNc1cccc(-c2nccs2)c1. The van der Waals surface area contributed by atoms with Crippen LogP contribution in [-0.4, -0.2) is 4.98 Å². The summed E-state index contributed by atoms with van der Waals surface area (Å²) in [5.41, 5.74) is 3.50. The number of aromatic nitrogens is 1. The summed E-state index contributed by atoms with van der Waals surface area (Å²) in [6.07, 6.45) is 1.83. The monoisotopic (exact) mass is 344 g/mol. The highest BCUT2D eigenvalue weighted by Crippen LogP contribution is 2.25. The van der Waals surface area contributed by atoms with Gasteiger partial charge in [-0.15, -0.1) is 11.3 Å². The van der Waals surface area contributed by atoms with Crippen LogP contribution >= 0.6 is 27.3 Å². The summed E-state index contributed by atoms with van der Waals surface area (Å²) in [6.45, 7) is 0.794. The first-order chi connectivity index (χ1) is 9.83. The Morgan fingerprint density at radius 3 is 2.80 bits per heavy atom. The average Bonchev–Trinajstić information content (AvgIpc) is 3.01. The van der Waals surface area contributed by atoms with E-state index in [1.807, 2.05) is 23.7 Å². The van der Waals surface area contributed by atoms with Crippen molar-refractivity contribution in [1.29, 1.82) is 0 Å². The Kier molecular flexibility index (Phi) is 4.14. The van der Waals surface area contributed by atoms with Gasteiger partial charge in [-0.1, -0.05) is 46.3 Å². The Labute approximate surface area is 130 Å². The minimum Gasteiger partial charge on any atom is -0.381 e. The van der Waals surface area contributed by atoms with Gasteiger partial charge in [-0.25, -0.2) is 4.98 Å². The molecule has 0 radical (unpaired) electrons. The van der Waals surface area contributed by atoms with Gasteiger partial charge in [-0.05, 0) is 23.8 Å². The maximum absolute atomic E-state index is 4.34. The van der Waals surface area contributed by atoms with Crippen molar-refractivity contribution in [2.45, 2.75) is 6.54 Å². The fourth-order valence-electron chi connectivity index (χ4n) is 1.97. The third-order valence-electron chi connectivity index (χ3n) is 2.98. The molecule has 0 unspecified atom stereocenters. The van der Waals surface area contributed by atoms with E-state index in [4.69, 9.17) is 0 Å². The van der Waals surface area contributed by atoms with Gasteiger partial charge in [0.2, 0.25) is 0 Å². The van der Waals surface area contributed by atoms with Crippen LogP contribution in [0.3, 0.4) is 0 Å². The number of hydrogen-bond donors (Lipinski definition) is 1. The molecule has 2 aromatic carbocycles. The quantitative estimate of drug-likeness (QED) is 0.704. The van der Waals surface area contributed by atoms with Gasteiger partial charge >= 0.3 is 0 Å². The number of anilines is 1. The zero-order chi connectivity index (χ0) is 13.8. The molecule has 1 aromatic heterocycles. The second-order valence-electron chi connectivity index (χ2n) is 4.36. The molecule has 0 aliphatic rings. The van der Waals surface area contributed by atoms with Crippen molar-refractivity contribution in [3.8, 4) is 10.6 Å². The van der Waals surface area contributed by atoms with E-state index in [0.29, 0.717) is 0 Å². The number of rotatable bonds is 4. The predicted molar refractivity (Wildman–Crippen MR) is 89.0 cm³/mol. The number of benzene rings is 2. The molecule has 4 heteroatoms. The minimum atomic E-state index is 0.794. The summed E-state index contributed by atoms with van der Waals surface area (Å²) >= 11 is 5.22.